The van der Waals surface area contributed by atoms with Gasteiger partial charge in [0.25, 0.3) is 11.6 Å². The molecule has 8 heteroatoms. The van der Waals surface area contributed by atoms with E-state index in [9.17, 15) is 19.7 Å². The maximum atomic E-state index is 12.1. The van der Waals surface area contributed by atoms with Gasteiger partial charge in [0.2, 0.25) is 5.91 Å². The minimum absolute atomic E-state index is 0.0242. The predicted molar refractivity (Wildman–Crippen MR) is 90.6 cm³/mol. The summed E-state index contributed by atoms with van der Waals surface area (Å²) in [6, 6.07) is 10.8. The van der Waals surface area contributed by atoms with E-state index < -0.39 is 11.0 Å². The quantitative estimate of drug-likeness (QED) is 0.656. The average molecular weight is 341 g/mol. The molecule has 0 spiro atoms. The zero-order valence-corrected chi connectivity index (χ0v) is 13.3. The van der Waals surface area contributed by atoms with E-state index in [1.807, 2.05) is 0 Å². The standard InChI is InChI=1S/C17H15N3O5/c1-10-17(22)19-14-9-12(4-7-15(14)25-10)18-16(21)8-11-2-5-13(6-3-11)20(23)24/h2-7,9-10H,8H2,1H3,(H,18,21)(H,19,22). The summed E-state index contributed by atoms with van der Waals surface area (Å²) in [7, 11) is 0. The molecule has 8 nitrogen and oxygen atoms in total. The van der Waals surface area contributed by atoms with Gasteiger partial charge in [0.15, 0.2) is 6.10 Å². The molecule has 0 bridgehead atoms. The van der Waals surface area contributed by atoms with Gasteiger partial charge in [-0.2, -0.15) is 0 Å². The minimum Gasteiger partial charge on any atom is -0.479 e. The van der Waals surface area contributed by atoms with E-state index in [1.165, 1.54) is 12.1 Å². The lowest BCUT2D eigenvalue weighted by Gasteiger charge is -2.23. The first-order chi connectivity index (χ1) is 11.9. The van der Waals surface area contributed by atoms with Gasteiger partial charge in [-0.15, -0.1) is 0 Å². The van der Waals surface area contributed by atoms with Crippen molar-refractivity contribution in [3.05, 3.63) is 58.1 Å². The predicted octanol–water partition coefficient (Wildman–Crippen LogP) is 2.50. The molecule has 1 atom stereocenters. The van der Waals surface area contributed by atoms with Crippen molar-refractivity contribution in [2.45, 2.75) is 19.4 Å². The summed E-state index contributed by atoms with van der Waals surface area (Å²) in [5, 5.41) is 16.1. The normalized spacial score (nSPS) is 15.6. The number of benzene rings is 2. The number of nitro benzene ring substituents is 1. The molecule has 3 rings (SSSR count). The molecule has 2 N–H and O–H groups in total. The van der Waals surface area contributed by atoms with Crippen molar-refractivity contribution in [3.8, 4) is 5.75 Å². The van der Waals surface area contributed by atoms with E-state index >= 15 is 0 Å². The van der Waals surface area contributed by atoms with Gasteiger partial charge < -0.3 is 15.4 Å². The van der Waals surface area contributed by atoms with Crippen LogP contribution in [0.5, 0.6) is 5.75 Å². The number of carbonyl (C=O) groups is 2. The number of nitrogens with zero attached hydrogens (tertiary/aromatic N) is 1. The molecule has 1 heterocycles. The maximum Gasteiger partial charge on any atom is 0.269 e. The number of nitrogens with one attached hydrogen (secondary N) is 2. The molecule has 1 unspecified atom stereocenters. The van der Waals surface area contributed by atoms with Crippen LogP contribution in [-0.4, -0.2) is 22.8 Å². The molecule has 1 aliphatic heterocycles. The number of rotatable bonds is 4. The average Bonchev–Trinajstić information content (AvgIpc) is 2.56. The van der Waals surface area contributed by atoms with E-state index in [0.717, 1.165) is 0 Å². The molecule has 2 aromatic carbocycles. The molecular formula is C17H15N3O5. The van der Waals surface area contributed by atoms with Crippen molar-refractivity contribution in [2.75, 3.05) is 10.6 Å². The van der Waals surface area contributed by atoms with Crippen molar-refractivity contribution in [1.29, 1.82) is 0 Å². The lowest BCUT2D eigenvalue weighted by molar-refractivity contribution is -0.384. The van der Waals surface area contributed by atoms with Gasteiger partial charge in [-0.25, -0.2) is 0 Å². The molecule has 2 amide bonds. The number of non-ortho nitro benzene ring substituents is 1. The van der Waals surface area contributed by atoms with Gasteiger partial charge >= 0.3 is 0 Å². The first-order valence-corrected chi connectivity index (χ1v) is 7.57. The molecule has 25 heavy (non-hydrogen) atoms. The number of hydrogen-bond acceptors (Lipinski definition) is 5. The fraction of sp³-hybridized carbons (Fsp3) is 0.176. The Morgan fingerprint density at radius 1 is 1.28 bits per heavy atom. The lowest BCUT2D eigenvalue weighted by Crippen LogP contribution is -2.34. The van der Waals surface area contributed by atoms with E-state index in [2.05, 4.69) is 10.6 Å². The lowest BCUT2D eigenvalue weighted by atomic mass is 10.1. The monoisotopic (exact) mass is 341 g/mol. The molecule has 1 aliphatic rings. The summed E-state index contributed by atoms with van der Waals surface area (Å²) in [4.78, 5) is 33.9. The zero-order chi connectivity index (χ0) is 18.0. The Balaban J connectivity index is 1.66. The van der Waals surface area contributed by atoms with Crippen molar-refractivity contribution >= 4 is 28.9 Å². The molecule has 0 aromatic heterocycles. The van der Waals surface area contributed by atoms with Crippen LogP contribution in [0.4, 0.5) is 17.1 Å². The summed E-state index contributed by atoms with van der Waals surface area (Å²) < 4.78 is 5.45. The summed E-state index contributed by atoms with van der Waals surface area (Å²) in [5.74, 6) is 0.0209. The Bertz CT molecular complexity index is 848. The third-order valence-corrected chi connectivity index (χ3v) is 3.71. The number of ether oxygens (including phenoxy) is 1. The Kier molecular flexibility index (Phi) is 4.34. The number of fused-ring (bicyclic) bond motifs is 1. The van der Waals surface area contributed by atoms with Crippen molar-refractivity contribution < 1.29 is 19.2 Å². The van der Waals surface area contributed by atoms with E-state index in [4.69, 9.17) is 4.74 Å². The second-order valence-corrected chi connectivity index (χ2v) is 5.61. The van der Waals surface area contributed by atoms with Gasteiger partial charge in [0.05, 0.1) is 17.0 Å². The van der Waals surface area contributed by atoms with Gasteiger partial charge in [0.1, 0.15) is 5.75 Å². The first-order valence-electron chi connectivity index (χ1n) is 7.57. The second kappa shape index (κ2) is 6.60. The second-order valence-electron chi connectivity index (χ2n) is 5.61. The summed E-state index contributed by atoms with van der Waals surface area (Å²) in [6.45, 7) is 1.65. The Morgan fingerprint density at radius 2 is 2.00 bits per heavy atom. The van der Waals surface area contributed by atoms with Crippen molar-refractivity contribution in [3.63, 3.8) is 0 Å². The molecule has 0 radical (unpaired) electrons. The zero-order valence-electron chi connectivity index (χ0n) is 13.3. The van der Waals surface area contributed by atoms with E-state index in [-0.39, 0.29) is 23.9 Å². The number of carbonyl (C=O) groups excluding carboxylic acids is 2. The van der Waals surface area contributed by atoms with E-state index in [1.54, 1.807) is 37.3 Å². The van der Waals surface area contributed by atoms with Crippen molar-refractivity contribution in [1.82, 2.24) is 0 Å². The Labute approximate surface area is 142 Å². The molecule has 2 aromatic rings. The SMILES string of the molecule is CC1Oc2ccc(NC(=O)Cc3ccc([N+](=O)[O-])cc3)cc2NC1=O. The van der Waals surface area contributed by atoms with Crippen molar-refractivity contribution in [2.24, 2.45) is 0 Å². The van der Waals surface area contributed by atoms with Crippen LogP contribution < -0.4 is 15.4 Å². The fourth-order valence-corrected chi connectivity index (χ4v) is 2.41. The van der Waals surface area contributed by atoms with Crippen LogP contribution in [0.2, 0.25) is 0 Å². The minimum atomic E-state index is -0.560. The highest BCUT2D eigenvalue weighted by molar-refractivity contribution is 5.99. The molecule has 128 valence electrons. The number of anilines is 2. The van der Waals surface area contributed by atoms with Crippen LogP contribution >= 0.6 is 0 Å². The molecule has 0 fully saturated rings. The maximum absolute atomic E-state index is 12.1. The third kappa shape index (κ3) is 3.74. The first kappa shape index (κ1) is 16.4. The fourth-order valence-electron chi connectivity index (χ4n) is 2.41. The topological polar surface area (TPSA) is 111 Å². The summed E-state index contributed by atoms with van der Waals surface area (Å²) in [5.41, 5.74) is 1.65. The van der Waals surface area contributed by atoms with Crippen LogP contribution in [0, 0.1) is 10.1 Å². The smallest absolute Gasteiger partial charge is 0.269 e. The summed E-state index contributed by atoms with van der Waals surface area (Å²) >= 11 is 0. The highest BCUT2D eigenvalue weighted by atomic mass is 16.6. The molecule has 0 aliphatic carbocycles. The van der Waals surface area contributed by atoms with Gasteiger partial charge in [0, 0.05) is 17.8 Å². The molecule has 0 saturated carbocycles. The van der Waals surface area contributed by atoms with Crippen LogP contribution in [0.25, 0.3) is 0 Å². The van der Waals surface area contributed by atoms with Crippen LogP contribution in [0.15, 0.2) is 42.5 Å². The molecule has 0 saturated heterocycles. The van der Waals surface area contributed by atoms with Crippen LogP contribution in [0.3, 0.4) is 0 Å². The Hall–Kier alpha value is -3.42. The Morgan fingerprint density at radius 3 is 2.68 bits per heavy atom. The number of amides is 2. The van der Waals surface area contributed by atoms with Crippen LogP contribution in [-0.2, 0) is 16.0 Å². The number of nitro groups is 1. The van der Waals surface area contributed by atoms with Gasteiger partial charge in [-0.05, 0) is 30.7 Å². The van der Waals surface area contributed by atoms with Gasteiger partial charge in [-0.1, -0.05) is 12.1 Å². The highest BCUT2D eigenvalue weighted by Crippen LogP contribution is 2.32. The largest absolute Gasteiger partial charge is 0.479 e. The highest BCUT2D eigenvalue weighted by Gasteiger charge is 2.23. The van der Waals surface area contributed by atoms with Gasteiger partial charge in [-0.3, -0.25) is 19.7 Å². The number of hydrogen-bond donors (Lipinski definition) is 2. The van der Waals surface area contributed by atoms with Crippen LogP contribution in [0.1, 0.15) is 12.5 Å². The molecular weight excluding hydrogens is 326 g/mol. The van der Waals surface area contributed by atoms with E-state index in [0.29, 0.717) is 22.7 Å². The third-order valence-electron chi connectivity index (χ3n) is 3.71. The summed E-state index contributed by atoms with van der Waals surface area (Å²) in [6.07, 6.45) is -0.482.